The van der Waals surface area contributed by atoms with Crippen LogP contribution < -0.4 is 5.32 Å². The van der Waals surface area contributed by atoms with Gasteiger partial charge in [-0.2, -0.15) is 5.10 Å². The Labute approximate surface area is 101 Å². The first-order chi connectivity index (χ1) is 7.95. The number of carbonyl (C=O) groups is 2. The minimum absolute atomic E-state index is 0.0256. The van der Waals surface area contributed by atoms with Crippen molar-refractivity contribution in [3.63, 3.8) is 0 Å². The van der Waals surface area contributed by atoms with Crippen LogP contribution >= 0.6 is 0 Å². The van der Waals surface area contributed by atoms with Gasteiger partial charge in [-0.25, -0.2) is 0 Å². The molecule has 0 saturated carbocycles. The molecular weight excluding hydrogens is 218 g/mol. The van der Waals surface area contributed by atoms with Crippen LogP contribution in [0.5, 0.6) is 0 Å². The first kappa shape index (κ1) is 13.4. The summed E-state index contributed by atoms with van der Waals surface area (Å²) in [5, 5.41) is 6.80. The summed E-state index contributed by atoms with van der Waals surface area (Å²) in [5.41, 5.74) is 1.30. The maximum Gasteiger partial charge on any atom is 0.269 e. The Balaban J connectivity index is 2.67. The molecule has 0 aliphatic heterocycles. The number of amides is 1. The molecular formula is C12H19N3O2. The quantitative estimate of drug-likeness (QED) is 0.836. The highest BCUT2D eigenvalue weighted by molar-refractivity contribution is 5.95. The van der Waals surface area contributed by atoms with Crippen molar-refractivity contribution in [2.45, 2.75) is 34.2 Å². The summed E-state index contributed by atoms with van der Waals surface area (Å²) >= 11 is 0. The molecule has 0 unspecified atom stereocenters. The van der Waals surface area contributed by atoms with Gasteiger partial charge in [0.1, 0.15) is 5.69 Å². The summed E-state index contributed by atoms with van der Waals surface area (Å²) in [6.45, 7) is 8.09. The molecule has 94 valence electrons. The van der Waals surface area contributed by atoms with Gasteiger partial charge in [0.05, 0.1) is 12.2 Å². The monoisotopic (exact) mass is 237 g/mol. The zero-order chi connectivity index (χ0) is 13.0. The number of hydrogen-bond donors (Lipinski definition) is 1. The van der Waals surface area contributed by atoms with E-state index in [1.165, 1.54) is 0 Å². The second-order valence-corrected chi connectivity index (χ2v) is 4.29. The average Bonchev–Trinajstić information content (AvgIpc) is 2.66. The Kier molecular flexibility index (Phi) is 4.43. The van der Waals surface area contributed by atoms with E-state index in [-0.39, 0.29) is 24.2 Å². The molecule has 0 aromatic carbocycles. The van der Waals surface area contributed by atoms with Gasteiger partial charge in [0, 0.05) is 12.5 Å². The molecule has 0 spiro atoms. The number of carbonyl (C=O) groups excluding carboxylic acids is 2. The molecule has 1 N–H and O–H groups in total. The number of aromatic nitrogens is 2. The Morgan fingerprint density at radius 3 is 2.65 bits per heavy atom. The molecule has 1 rings (SSSR count). The fourth-order valence-corrected chi connectivity index (χ4v) is 1.43. The topological polar surface area (TPSA) is 64.0 Å². The molecule has 0 saturated heterocycles. The van der Waals surface area contributed by atoms with Crippen LogP contribution in [-0.4, -0.2) is 28.0 Å². The lowest BCUT2D eigenvalue weighted by atomic mass is 10.1. The summed E-state index contributed by atoms with van der Waals surface area (Å²) < 4.78 is 1.63. The zero-order valence-corrected chi connectivity index (χ0v) is 10.8. The minimum atomic E-state index is -0.249. The van der Waals surface area contributed by atoms with Crippen molar-refractivity contribution >= 4 is 11.7 Å². The van der Waals surface area contributed by atoms with Crippen LogP contribution in [-0.2, 0) is 11.3 Å². The smallest absolute Gasteiger partial charge is 0.269 e. The predicted molar refractivity (Wildman–Crippen MR) is 64.8 cm³/mol. The first-order valence-electron chi connectivity index (χ1n) is 5.81. The van der Waals surface area contributed by atoms with Gasteiger partial charge >= 0.3 is 0 Å². The van der Waals surface area contributed by atoms with Crippen LogP contribution in [0.3, 0.4) is 0 Å². The molecule has 17 heavy (non-hydrogen) atoms. The van der Waals surface area contributed by atoms with E-state index in [1.807, 2.05) is 27.7 Å². The van der Waals surface area contributed by atoms with Gasteiger partial charge in [0.15, 0.2) is 5.78 Å². The average molecular weight is 237 g/mol. The molecule has 1 aromatic rings. The molecule has 1 amide bonds. The first-order valence-corrected chi connectivity index (χ1v) is 5.81. The van der Waals surface area contributed by atoms with Gasteiger partial charge in [-0.05, 0) is 19.9 Å². The lowest BCUT2D eigenvalue weighted by Gasteiger charge is -2.07. The zero-order valence-electron chi connectivity index (χ0n) is 10.8. The molecule has 0 bridgehead atoms. The van der Waals surface area contributed by atoms with E-state index in [4.69, 9.17) is 0 Å². The molecule has 1 aromatic heterocycles. The van der Waals surface area contributed by atoms with Crippen molar-refractivity contribution in [3.8, 4) is 0 Å². The molecule has 0 radical (unpaired) electrons. The van der Waals surface area contributed by atoms with Gasteiger partial charge in [-0.15, -0.1) is 0 Å². The van der Waals surface area contributed by atoms with Crippen molar-refractivity contribution in [2.24, 2.45) is 5.92 Å². The highest BCUT2D eigenvalue weighted by Gasteiger charge is 2.14. The maximum absolute atomic E-state index is 11.8. The molecule has 0 fully saturated rings. The molecule has 5 heteroatoms. The Hall–Kier alpha value is -1.65. The van der Waals surface area contributed by atoms with Gasteiger partial charge in [-0.1, -0.05) is 13.8 Å². The summed E-state index contributed by atoms with van der Waals surface area (Å²) in [5.74, 6) is -0.285. The number of hydrogen-bond acceptors (Lipinski definition) is 3. The Bertz CT molecular complexity index is 421. The summed E-state index contributed by atoms with van der Waals surface area (Å²) in [6, 6.07) is 1.72. The molecule has 0 aliphatic rings. The third-order valence-corrected chi connectivity index (χ3v) is 2.50. The fraction of sp³-hybridized carbons (Fsp3) is 0.583. The van der Waals surface area contributed by atoms with Crippen molar-refractivity contribution < 1.29 is 9.59 Å². The van der Waals surface area contributed by atoms with Crippen LogP contribution in [0.15, 0.2) is 6.07 Å². The molecule has 5 nitrogen and oxygen atoms in total. The van der Waals surface area contributed by atoms with Crippen molar-refractivity contribution in [1.82, 2.24) is 15.1 Å². The third kappa shape index (κ3) is 3.41. The number of aryl methyl sites for hydroxylation is 2. The lowest BCUT2D eigenvalue weighted by molar-refractivity contribution is -0.120. The van der Waals surface area contributed by atoms with E-state index in [1.54, 1.807) is 10.7 Å². The highest BCUT2D eigenvalue weighted by Crippen LogP contribution is 2.03. The number of nitrogens with zero attached hydrogens (tertiary/aromatic N) is 2. The van der Waals surface area contributed by atoms with E-state index in [9.17, 15) is 9.59 Å². The van der Waals surface area contributed by atoms with Crippen LogP contribution in [0.4, 0.5) is 0 Å². The van der Waals surface area contributed by atoms with Gasteiger partial charge in [0.25, 0.3) is 5.91 Å². The summed E-state index contributed by atoms with van der Waals surface area (Å²) in [6.07, 6.45) is 0. The minimum Gasteiger partial charge on any atom is -0.344 e. The number of ketones is 1. The largest absolute Gasteiger partial charge is 0.344 e. The number of nitrogens with one attached hydrogen (secondary N) is 1. The third-order valence-electron chi connectivity index (χ3n) is 2.50. The van der Waals surface area contributed by atoms with Crippen LogP contribution in [0.25, 0.3) is 0 Å². The van der Waals surface area contributed by atoms with Crippen molar-refractivity contribution in [2.75, 3.05) is 6.54 Å². The van der Waals surface area contributed by atoms with Gasteiger partial charge in [-0.3, -0.25) is 14.3 Å². The van der Waals surface area contributed by atoms with E-state index in [0.717, 1.165) is 5.69 Å². The van der Waals surface area contributed by atoms with Crippen molar-refractivity contribution in [3.05, 3.63) is 17.5 Å². The predicted octanol–water partition coefficient (Wildman–Crippen LogP) is 1.17. The normalized spacial score (nSPS) is 10.6. The second-order valence-electron chi connectivity index (χ2n) is 4.29. The molecule has 0 aliphatic carbocycles. The maximum atomic E-state index is 11.8. The number of rotatable bonds is 5. The lowest BCUT2D eigenvalue weighted by Crippen LogP contribution is -2.32. The fourth-order valence-electron chi connectivity index (χ4n) is 1.43. The van der Waals surface area contributed by atoms with E-state index < -0.39 is 0 Å². The Morgan fingerprint density at radius 1 is 1.47 bits per heavy atom. The molecule has 0 atom stereocenters. The highest BCUT2D eigenvalue weighted by atomic mass is 16.2. The Morgan fingerprint density at radius 2 is 2.12 bits per heavy atom. The molecule has 1 heterocycles. The van der Waals surface area contributed by atoms with Crippen LogP contribution in [0.1, 0.15) is 37.0 Å². The van der Waals surface area contributed by atoms with Crippen molar-refractivity contribution in [1.29, 1.82) is 0 Å². The second kappa shape index (κ2) is 5.61. The summed E-state index contributed by atoms with van der Waals surface area (Å²) in [4.78, 5) is 23.2. The standard InChI is InChI=1S/C12H19N3O2/c1-5-15-10(6-9(4)14-15)12(17)13-7-11(16)8(2)3/h6,8H,5,7H2,1-4H3,(H,13,17). The van der Waals surface area contributed by atoms with Crippen LogP contribution in [0.2, 0.25) is 0 Å². The van der Waals surface area contributed by atoms with E-state index >= 15 is 0 Å². The van der Waals surface area contributed by atoms with Crippen LogP contribution in [0, 0.1) is 12.8 Å². The van der Waals surface area contributed by atoms with Gasteiger partial charge in [0.2, 0.25) is 0 Å². The summed E-state index contributed by atoms with van der Waals surface area (Å²) in [7, 11) is 0. The van der Waals surface area contributed by atoms with E-state index in [2.05, 4.69) is 10.4 Å². The SMILES string of the molecule is CCn1nc(C)cc1C(=O)NCC(=O)C(C)C. The van der Waals surface area contributed by atoms with E-state index in [0.29, 0.717) is 12.2 Å². The number of Topliss-reactive ketones (excluding diaryl/α,β-unsaturated/α-hetero) is 1. The van der Waals surface area contributed by atoms with Gasteiger partial charge < -0.3 is 5.32 Å².